The molecule has 102 valence electrons. The first-order chi connectivity index (χ1) is 9.84. The minimum Gasteiger partial charge on any atom is -0.466 e. The maximum Gasteiger partial charge on any atom is 0.306 e. The fourth-order valence-electron chi connectivity index (χ4n) is 3.03. The van der Waals surface area contributed by atoms with Crippen molar-refractivity contribution >= 4 is 5.97 Å². The second kappa shape index (κ2) is 5.91. The second-order valence-corrected chi connectivity index (χ2v) is 5.25. The lowest BCUT2D eigenvalue weighted by molar-refractivity contribution is -0.142. The lowest BCUT2D eigenvalue weighted by atomic mass is 9.78. The van der Waals surface area contributed by atoms with Crippen LogP contribution in [0.2, 0.25) is 0 Å². The fourth-order valence-corrected chi connectivity index (χ4v) is 3.03. The summed E-state index contributed by atoms with van der Waals surface area (Å²) in [6.07, 6.45) is 1.35. The lowest BCUT2D eigenvalue weighted by Crippen LogP contribution is -2.12. The summed E-state index contributed by atoms with van der Waals surface area (Å²) in [4.78, 5) is 11.8. The Balaban J connectivity index is 1.98. The number of cyclic esters (lactones) is 1. The minimum atomic E-state index is -0.0858. The highest BCUT2D eigenvalue weighted by molar-refractivity contribution is 5.71. The second-order valence-electron chi connectivity index (χ2n) is 5.25. The number of rotatable bonds is 2. The van der Waals surface area contributed by atoms with E-state index in [1.54, 1.807) is 0 Å². The van der Waals surface area contributed by atoms with E-state index < -0.39 is 0 Å². The zero-order valence-electron chi connectivity index (χ0n) is 11.4. The number of benzene rings is 2. The van der Waals surface area contributed by atoms with Crippen LogP contribution >= 0.6 is 0 Å². The number of hydrogen-bond donors (Lipinski definition) is 0. The molecule has 2 atom stereocenters. The molecular weight excluding hydrogens is 248 g/mol. The van der Waals surface area contributed by atoms with Gasteiger partial charge in [0.2, 0.25) is 0 Å². The summed E-state index contributed by atoms with van der Waals surface area (Å²) in [7, 11) is 0. The fraction of sp³-hybridized carbons (Fsp3) is 0.278. The Labute approximate surface area is 119 Å². The molecule has 2 nitrogen and oxygen atoms in total. The molecule has 1 aliphatic heterocycles. The maximum absolute atomic E-state index is 11.8. The van der Waals surface area contributed by atoms with E-state index in [1.807, 2.05) is 24.3 Å². The third kappa shape index (κ3) is 2.74. The molecule has 0 bridgehead atoms. The zero-order chi connectivity index (χ0) is 13.8. The van der Waals surface area contributed by atoms with Gasteiger partial charge in [0.05, 0.1) is 13.0 Å². The van der Waals surface area contributed by atoms with Crippen molar-refractivity contribution in [3.05, 3.63) is 71.8 Å². The number of carbonyl (C=O) groups excluding carboxylic acids is 1. The normalized spacial score (nSPS) is 22.9. The van der Waals surface area contributed by atoms with Crippen molar-refractivity contribution < 1.29 is 9.53 Å². The predicted molar refractivity (Wildman–Crippen MR) is 78.6 cm³/mol. The van der Waals surface area contributed by atoms with Crippen molar-refractivity contribution in [2.75, 3.05) is 6.61 Å². The van der Waals surface area contributed by atoms with E-state index in [-0.39, 0.29) is 11.9 Å². The van der Waals surface area contributed by atoms with Crippen LogP contribution in [0, 0.1) is 0 Å². The number of carbonyl (C=O) groups is 1. The van der Waals surface area contributed by atoms with Crippen molar-refractivity contribution in [2.24, 2.45) is 0 Å². The van der Waals surface area contributed by atoms with Gasteiger partial charge >= 0.3 is 5.97 Å². The van der Waals surface area contributed by atoms with Crippen LogP contribution in [0.15, 0.2) is 60.7 Å². The Kier molecular flexibility index (Phi) is 3.82. The first kappa shape index (κ1) is 12.9. The summed E-state index contributed by atoms with van der Waals surface area (Å²) in [5, 5.41) is 0. The number of esters is 1. The summed E-state index contributed by atoms with van der Waals surface area (Å²) in [6, 6.07) is 20.7. The average Bonchev–Trinajstić information content (AvgIpc) is 2.71. The zero-order valence-corrected chi connectivity index (χ0v) is 11.4. The molecule has 1 heterocycles. The predicted octanol–water partition coefficient (Wildman–Crippen LogP) is 3.89. The third-order valence-electron chi connectivity index (χ3n) is 4.02. The summed E-state index contributed by atoms with van der Waals surface area (Å²) >= 11 is 0. The molecule has 0 radical (unpaired) electrons. The van der Waals surface area contributed by atoms with Gasteiger partial charge in [-0.15, -0.1) is 0 Å². The summed E-state index contributed by atoms with van der Waals surface area (Å²) in [5.41, 5.74) is 2.51. The highest BCUT2D eigenvalue weighted by Crippen LogP contribution is 2.39. The average molecular weight is 266 g/mol. The van der Waals surface area contributed by atoms with Gasteiger partial charge in [-0.05, 0) is 23.5 Å². The maximum atomic E-state index is 11.8. The van der Waals surface area contributed by atoms with Crippen LogP contribution < -0.4 is 0 Å². The van der Waals surface area contributed by atoms with E-state index in [0.717, 1.165) is 6.42 Å². The molecule has 2 unspecified atom stereocenters. The van der Waals surface area contributed by atoms with Crippen molar-refractivity contribution in [3.63, 3.8) is 0 Å². The van der Waals surface area contributed by atoms with Crippen LogP contribution in [0.5, 0.6) is 0 Å². The Morgan fingerprint density at radius 1 is 0.800 bits per heavy atom. The molecule has 1 saturated heterocycles. The van der Waals surface area contributed by atoms with Gasteiger partial charge in [0, 0.05) is 5.92 Å². The summed E-state index contributed by atoms with van der Waals surface area (Å²) < 4.78 is 5.27. The van der Waals surface area contributed by atoms with E-state index in [0.29, 0.717) is 18.9 Å². The molecule has 0 aromatic heterocycles. The molecule has 3 rings (SSSR count). The lowest BCUT2D eigenvalue weighted by Gasteiger charge is -2.24. The molecule has 0 N–H and O–H groups in total. The van der Waals surface area contributed by atoms with Gasteiger partial charge in [0.1, 0.15) is 0 Å². The first-order valence-corrected chi connectivity index (χ1v) is 7.10. The standard InChI is InChI=1S/C18H18O2/c19-18-13-17(15-9-5-2-6-10-15)16(11-12-20-18)14-7-3-1-4-8-14/h1-10,16-17H,11-13H2. The third-order valence-corrected chi connectivity index (χ3v) is 4.02. The largest absolute Gasteiger partial charge is 0.466 e. The topological polar surface area (TPSA) is 26.3 Å². The van der Waals surface area contributed by atoms with Crippen LogP contribution in [0.25, 0.3) is 0 Å². The van der Waals surface area contributed by atoms with Gasteiger partial charge in [-0.2, -0.15) is 0 Å². The quantitative estimate of drug-likeness (QED) is 0.771. The Morgan fingerprint density at radius 2 is 1.35 bits per heavy atom. The highest BCUT2D eigenvalue weighted by Gasteiger charge is 2.30. The molecule has 2 aromatic rings. The molecule has 1 fully saturated rings. The van der Waals surface area contributed by atoms with Crippen molar-refractivity contribution in [3.8, 4) is 0 Å². The monoisotopic (exact) mass is 266 g/mol. The van der Waals surface area contributed by atoms with E-state index in [2.05, 4.69) is 36.4 Å². The summed E-state index contributed by atoms with van der Waals surface area (Å²) in [5.74, 6) is 0.455. The molecular formula is C18H18O2. The van der Waals surface area contributed by atoms with Crippen molar-refractivity contribution in [1.82, 2.24) is 0 Å². The van der Waals surface area contributed by atoms with Gasteiger partial charge in [-0.25, -0.2) is 0 Å². The van der Waals surface area contributed by atoms with E-state index >= 15 is 0 Å². The Hall–Kier alpha value is -2.09. The smallest absolute Gasteiger partial charge is 0.306 e. The van der Waals surface area contributed by atoms with Gasteiger partial charge in [-0.1, -0.05) is 60.7 Å². The van der Waals surface area contributed by atoms with Gasteiger partial charge in [0.15, 0.2) is 0 Å². The molecule has 2 heteroatoms. The molecule has 0 aliphatic carbocycles. The SMILES string of the molecule is O=C1CC(c2ccccc2)C(c2ccccc2)CCO1. The summed E-state index contributed by atoms with van der Waals surface area (Å²) in [6.45, 7) is 0.516. The molecule has 0 amide bonds. The van der Waals surface area contributed by atoms with Crippen LogP contribution in [0.3, 0.4) is 0 Å². The number of ether oxygens (including phenoxy) is 1. The molecule has 0 spiro atoms. The van der Waals surface area contributed by atoms with E-state index in [4.69, 9.17) is 4.74 Å². The molecule has 20 heavy (non-hydrogen) atoms. The Morgan fingerprint density at radius 3 is 1.95 bits per heavy atom. The van der Waals surface area contributed by atoms with Crippen LogP contribution in [0.1, 0.15) is 35.8 Å². The van der Waals surface area contributed by atoms with Crippen molar-refractivity contribution in [2.45, 2.75) is 24.7 Å². The Bertz CT molecular complexity index is 562. The van der Waals surface area contributed by atoms with Gasteiger partial charge < -0.3 is 4.74 Å². The number of hydrogen-bond acceptors (Lipinski definition) is 2. The van der Waals surface area contributed by atoms with Crippen LogP contribution in [-0.2, 0) is 9.53 Å². The molecule has 2 aromatic carbocycles. The molecule has 1 aliphatic rings. The van der Waals surface area contributed by atoms with E-state index in [1.165, 1.54) is 11.1 Å². The minimum absolute atomic E-state index is 0.0858. The van der Waals surface area contributed by atoms with Gasteiger partial charge in [-0.3, -0.25) is 4.79 Å². The highest BCUT2D eigenvalue weighted by atomic mass is 16.5. The first-order valence-electron chi connectivity index (χ1n) is 7.10. The van der Waals surface area contributed by atoms with Gasteiger partial charge in [0.25, 0.3) is 0 Å². The molecule has 0 saturated carbocycles. The van der Waals surface area contributed by atoms with Crippen molar-refractivity contribution in [1.29, 1.82) is 0 Å². The van der Waals surface area contributed by atoms with Crippen LogP contribution in [0.4, 0.5) is 0 Å². The van der Waals surface area contributed by atoms with E-state index in [9.17, 15) is 4.79 Å². The van der Waals surface area contributed by atoms with Crippen LogP contribution in [-0.4, -0.2) is 12.6 Å².